The van der Waals surface area contributed by atoms with Gasteiger partial charge in [-0.25, -0.2) is 4.57 Å². The number of hydrogen-bond acceptors (Lipinski definition) is 4. The lowest BCUT2D eigenvalue weighted by molar-refractivity contribution is 0.439. The van der Waals surface area contributed by atoms with Crippen LogP contribution in [0.1, 0.15) is 0 Å². The van der Waals surface area contributed by atoms with E-state index in [2.05, 4.69) is 8.15 Å². The summed E-state index contributed by atoms with van der Waals surface area (Å²) in [6.45, 7) is -3.46. The van der Waals surface area contributed by atoms with Crippen molar-refractivity contribution in [1.82, 2.24) is 0 Å². The van der Waals surface area contributed by atoms with Crippen LogP contribution in [-0.4, -0.2) is 0 Å². The van der Waals surface area contributed by atoms with Gasteiger partial charge in [0.1, 0.15) is 0 Å². The highest BCUT2D eigenvalue weighted by Crippen LogP contribution is 2.65. The monoisotopic (exact) mass is 258 g/mol. The van der Waals surface area contributed by atoms with Crippen LogP contribution in [0.2, 0.25) is 0 Å². The zero-order chi connectivity index (χ0) is 9.73. The van der Waals surface area contributed by atoms with Crippen molar-refractivity contribution in [2.45, 2.75) is 4.90 Å². The van der Waals surface area contributed by atoms with Gasteiger partial charge >= 0.3 is 6.80 Å². The molecule has 0 amide bonds. The van der Waals surface area contributed by atoms with Crippen molar-refractivity contribution < 1.29 is 12.7 Å². The van der Waals surface area contributed by atoms with Crippen LogP contribution in [0.25, 0.3) is 0 Å². The van der Waals surface area contributed by atoms with Crippen LogP contribution in [0, 0.1) is 0 Å². The Morgan fingerprint density at radius 3 is 2.15 bits per heavy atom. The highest BCUT2D eigenvalue weighted by atomic mass is 35.5. The summed E-state index contributed by atoms with van der Waals surface area (Å²) in [5, 5.41) is 0. The maximum absolute atomic E-state index is 11.4. The fourth-order valence-electron chi connectivity index (χ4n) is 0.649. The molecular formula is C6H5Cl2O3PS. The third-order valence-corrected chi connectivity index (χ3v) is 5.51. The molecule has 0 aliphatic heterocycles. The molecule has 1 aromatic carbocycles. The zero-order valence-corrected chi connectivity index (χ0v) is 9.45. The predicted octanol–water partition coefficient (Wildman–Crippen LogP) is 4.23. The second-order valence-electron chi connectivity index (χ2n) is 1.99. The van der Waals surface area contributed by atoms with Crippen molar-refractivity contribution in [3.63, 3.8) is 0 Å². The van der Waals surface area contributed by atoms with Gasteiger partial charge in [-0.1, -0.05) is 18.2 Å². The predicted molar refractivity (Wildman–Crippen MR) is 53.8 cm³/mol. The molecule has 0 bridgehead atoms. The van der Waals surface area contributed by atoms with E-state index >= 15 is 0 Å². The van der Waals surface area contributed by atoms with Crippen LogP contribution >= 0.6 is 41.9 Å². The van der Waals surface area contributed by atoms with Gasteiger partial charge in [0.15, 0.2) is 0 Å². The van der Waals surface area contributed by atoms with E-state index in [4.69, 9.17) is 23.7 Å². The van der Waals surface area contributed by atoms with Gasteiger partial charge in [0, 0.05) is 4.90 Å². The van der Waals surface area contributed by atoms with Crippen molar-refractivity contribution in [2.75, 3.05) is 0 Å². The van der Waals surface area contributed by atoms with Gasteiger partial charge in [0.05, 0.1) is 23.7 Å². The molecule has 1 rings (SSSR count). The van der Waals surface area contributed by atoms with Crippen molar-refractivity contribution >= 4 is 41.9 Å². The minimum atomic E-state index is -3.46. The SMILES string of the molecule is O=P(OCl)(OCl)Sc1ccccc1. The van der Waals surface area contributed by atoms with Crippen LogP contribution in [0.4, 0.5) is 0 Å². The molecule has 0 saturated heterocycles. The Kier molecular flexibility index (Phi) is 4.59. The molecule has 0 saturated carbocycles. The average molecular weight is 259 g/mol. The van der Waals surface area contributed by atoms with E-state index in [1.807, 2.05) is 6.07 Å². The summed E-state index contributed by atoms with van der Waals surface area (Å²) in [7, 11) is 0. The first-order valence-corrected chi connectivity index (χ1v) is 6.74. The molecule has 0 aliphatic carbocycles. The van der Waals surface area contributed by atoms with Crippen molar-refractivity contribution in [2.24, 2.45) is 0 Å². The summed E-state index contributed by atoms with van der Waals surface area (Å²) < 4.78 is 19.6. The third kappa shape index (κ3) is 3.50. The molecule has 0 atom stereocenters. The first-order valence-electron chi connectivity index (χ1n) is 3.15. The van der Waals surface area contributed by atoms with E-state index in [1.165, 1.54) is 0 Å². The Morgan fingerprint density at radius 1 is 1.15 bits per heavy atom. The van der Waals surface area contributed by atoms with Crippen molar-refractivity contribution in [3.8, 4) is 0 Å². The molecular weight excluding hydrogens is 254 g/mol. The van der Waals surface area contributed by atoms with E-state index < -0.39 is 6.80 Å². The van der Waals surface area contributed by atoms with E-state index in [-0.39, 0.29) is 0 Å². The molecule has 72 valence electrons. The van der Waals surface area contributed by atoms with E-state index in [1.54, 1.807) is 24.3 Å². The third-order valence-electron chi connectivity index (χ3n) is 1.13. The highest BCUT2D eigenvalue weighted by molar-refractivity contribution is 8.55. The van der Waals surface area contributed by atoms with Crippen LogP contribution in [0.3, 0.4) is 0 Å². The lowest BCUT2D eigenvalue weighted by Crippen LogP contribution is -1.75. The average Bonchev–Trinajstić information content (AvgIpc) is 2.19. The minimum absolute atomic E-state index is 0.701. The normalized spacial score (nSPS) is 11.5. The second-order valence-corrected chi connectivity index (χ2v) is 6.53. The van der Waals surface area contributed by atoms with Gasteiger partial charge in [0.2, 0.25) is 0 Å². The lowest BCUT2D eigenvalue weighted by atomic mass is 10.4. The van der Waals surface area contributed by atoms with Gasteiger partial charge in [-0.15, -0.1) is 0 Å². The molecule has 0 fully saturated rings. The molecule has 0 N–H and O–H groups in total. The summed E-state index contributed by atoms with van der Waals surface area (Å²) in [6, 6.07) is 8.88. The Balaban J connectivity index is 2.74. The molecule has 0 aromatic heterocycles. The van der Waals surface area contributed by atoms with Gasteiger partial charge in [-0.2, -0.15) is 8.15 Å². The molecule has 0 spiro atoms. The van der Waals surface area contributed by atoms with Gasteiger partial charge in [0.25, 0.3) is 0 Å². The molecule has 3 nitrogen and oxygen atoms in total. The summed E-state index contributed by atoms with van der Waals surface area (Å²) in [5.41, 5.74) is 0. The minimum Gasteiger partial charge on any atom is -0.244 e. The largest absolute Gasteiger partial charge is 0.426 e. The molecule has 0 aliphatic rings. The van der Waals surface area contributed by atoms with Gasteiger partial charge in [-0.05, 0) is 23.5 Å². The maximum Gasteiger partial charge on any atom is 0.426 e. The van der Waals surface area contributed by atoms with E-state index in [9.17, 15) is 4.57 Å². The first kappa shape index (κ1) is 11.4. The second kappa shape index (κ2) is 5.25. The van der Waals surface area contributed by atoms with Gasteiger partial charge < -0.3 is 0 Å². The lowest BCUT2D eigenvalue weighted by Gasteiger charge is -2.07. The van der Waals surface area contributed by atoms with Gasteiger partial charge in [-0.3, -0.25) is 0 Å². The quantitative estimate of drug-likeness (QED) is 0.758. The number of benzene rings is 1. The van der Waals surface area contributed by atoms with E-state index in [0.717, 1.165) is 11.4 Å². The summed E-state index contributed by atoms with van der Waals surface area (Å²) in [5.74, 6) is 0. The number of halogens is 2. The fraction of sp³-hybridized carbons (Fsp3) is 0. The highest BCUT2D eigenvalue weighted by Gasteiger charge is 2.26. The zero-order valence-electron chi connectivity index (χ0n) is 6.22. The molecule has 0 heterocycles. The number of hydrogen-bond donors (Lipinski definition) is 0. The maximum atomic E-state index is 11.4. The Labute approximate surface area is 89.9 Å². The molecule has 1 aromatic rings. The van der Waals surface area contributed by atoms with Crippen LogP contribution in [0.15, 0.2) is 35.2 Å². The molecule has 0 unspecified atom stereocenters. The Morgan fingerprint density at radius 2 is 1.69 bits per heavy atom. The topological polar surface area (TPSA) is 35.5 Å². The fourth-order valence-corrected chi connectivity index (χ4v) is 3.34. The van der Waals surface area contributed by atoms with Crippen LogP contribution < -0.4 is 0 Å². The first-order chi connectivity index (χ1) is 6.20. The Hall–Kier alpha value is 0.300. The van der Waals surface area contributed by atoms with Crippen LogP contribution in [-0.2, 0) is 12.7 Å². The number of rotatable bonds is 4. The Bertz CT molecular complexity index is 300. The summed E-state index contributed by atoms with van der Waals surface area (Å²) >= 11 is 10.8. The summed E-state index contributed by atoms with van der Waals surface area (Å²) in [6.07, 6.45) is 0. The van der Waals surface area contributed by atoms with E-state index in [0.29, 0.717) is 4.90 Å². The molecule has 7 heteroatoms. The molecule has 0 radical (unpaired) electrons. The van der Waals surface area contributed by atoms with Crippen molar-refractivity contribution in [3.05, 3.63) is 30.3 Å². The summed E-state index contributed by atoms with van der Waals surface area (Å²) in [4.78, 5) is 0.701. The standard InChI is InChI=1S/C6H5Cl2O3PS/c7-10-12(9,11-8)13-6-4-2-1-3-5-6/h1-5H. The smallest absolute Gasteiger partial charge is 0.244 e. The van der Waals surface area contributed by atoms with Crippen molar-refractivity contribution in [1.29, 1.82) is 0 Å². The van der Waals surface area contributed by atoms with Crippen LogP contribution in [0.5, 0.6) is 0 Å². The molecule has 13 heavy (non-hydrogen) atoms.